The molecule has 0 saturated carbocycles. The van der Waals surface area contributed by atoms with Crippen molar-refractivity contribution in [2.24, 2.45) is 5.92 Å². The molecule has 1 amide bonds. The fourth-order valence-corrected chi connectivity index (χ4v) is 2.88. The van der Waals surface area contributed by atoms with Gasteiger partial charge in [0.2, 0.25) is 5.91 Å². The van der Waals surface area contributed by atoms with Crippen LogP contribution in [0.1, 0.15) is 26.3 Å². The van der Waals surface area contributed by atoms with Crippen molar-refractivity contribution in [3.05, 3.63) is 29.8 Å². The predicted molar refractivity (Wildman–Crippen MR) is 95.2 cm³/mol. The molecule has 1 aliphatic rings. The summed E-state index contributed by atoms with van der Waals surface area (Å²) in [6.45, 7) is 9.95. The van der Waals surface area contributed by atoms with Crippen LogP contribution in [0.5, 0.6) is 5.75 Å². The average molecular weight is 334 g/mol. The summed E-state index contributed by atoms with van der Waals surface area (Å²) >= 11 is 0. The van der Waals surface area contributed by atoms with Crippen LogP contribution in [0.15, 0.2) is 24.3 Å². The monoisotopic (exact) mass is 334 g/mol. The molecule has 1 N–H and O–H groups in total. The van der Waals surface area contributed by atoms with Crippen molar-refractivity contribution >= 4 is 5.91 Å². The average Bonchev–Trinajstić information content (AvgIpc) is 2.60. The number of rotatable bonds is 7. The topological polar surface area (TPSA) is 53.0 Å². The second-order valence-corrected chi connectivity index (χ2v) is 6.74. The molecule has 5 heteroatoms. The number of hydrogen-bond acceptors (Lipinski definition) is 4. The molecule has 0 aliphatic carbocycles. The van der Waals surface area contributed by atoms with E-state index < -0.39 is 6.10 Å². The molecule has 134 valence electrons. The molecule has 5 nitrogen and oxygen atoms in total. The number of β-amino-alcohol motifs (C(OH)–C–C–N with tert-alkyl or cyclic N) is 1. The standard InChI is InChI=1S/C19H30N2O3/c1-4-16-5-7-18(8-6-16)24-14-17(22)13-20-9-11-21(12-10-20)19(23)15(2)3/h5-8,15,17,22H,4,9-14H2,1-3H3/t17-/m1/s1. The minimum absolute atomic E-state index is 0.0506. The van der Waals surface area contributed by atoms with Crippen LogP contribution in [0.4, 0.5) is 0 Å². The summed E-state index contributed by atoms with van der Waals surface area (Å²) in [7, 11) is 0. The maximum Gasteiger partial charge on any atom is 0.225 e. The first kappa shape index (κ1) is 18.7. The third-order valence-corrected chi connectivity index (χ3v) is 4.42. The van der Waals surface area contributed by atoms with Crippen LogP contribution >= 0.6 is 0 Å². The molecule has 1 atom stereocenters. The summed E-state index contributed by atoms with van der Waals surface area (Å²) in [5.41, 5.74) is 1.27. The number of aliphatic hydroxyl groups is 1. The number of carbonyl (C=O) groups excluding carboxylic acids is 1. The zero-order valence-electron chi connectivity index (χ0n) is 15.1. The van der Waals surface area contributed by atoms with Gasteiger partial charge in [0, 0.05) is 38.6 Å². The third-order valence-electron chi connectivity index (χ3n) is 4.42. The number of piperazine rings is 1. The second kappa shape index (κ2) is 9.04. The third kappa shape index (κ3) is 5.49. The van der Waals surface area contributed by atoms with Crippen LogP contribution < -0.4 is 4.74 Å². The summed E-state index contributed by atoms with van der Waals surface area (Å²) < 4.78 is 5.66. The minimum Gasteiger partial charge on any atom is -0.491 e. The van der Waals surface area contributed by atoms with Crippen LogP contribution in [0.25, 0.3) is 0 Å². The molecular formula is C19H30N2O3. The van der Waals surface area contributed by atoms with E-state index in [1.165, 1.54) is 5.56 Å². The molecule has 0 radical (unpaired) electrons. The van der Waals surface area contributed by atoms with Crippen molar-refractivity contribution in [3.8, 4) is 5.75 Å². The first-order valence-electron chi connectivity index (χ1n) is 8.90. The Morgan fingerprint density at radius 1 is 1.17 bits per heavy atom. The fraction of sp³-hybridized carbons (Fsp3) is 0.632. The lowest BCUT2D eigenvalue weighted by atomic mass is 10.1. The Labute approximate surface area is 145 Å². The van der Waals surface area contributed by atoms with Gasteiger partial charge in [-0.3, -0.25) is 9.69 Å². The smallest absolute Gasteiger partial charge is 0.225 e. The number of hydrogen-bond donors (Lipinski definition) is 1. The molecule has 0 aromatic heterocycles. The number of benzene rings is 1. The Hall–Kier alpha value is -1.59. The van der Waals surface area contributed by atoms with Crippen LogP contribution in [-0.4, -0.2) is 66.2 Å². The highest BCUT2D eigenvalue weighted by atomic mass is 16.5. The molecule has 1 aromatic rings. The normalized spacial score (nSPS) is 17.1. The highest BCUT2D eigenvalue weighted by Crippen LogP contribution is 2.13. The Balaban J connectivity index is 1.69. The van der Waals surface area contributed by atoms with Crippen LogP contribution in [0.3, 0.4) is 0 Å². The van der Waals surface area contributed by atoms with Crippen molar-refractivity contribution in [2.75, 3.05) is 39.3 Å². The van der Waals surface area contributed by atoms with Crippen molar-refractivity contribution in [1.29, 1.82) is 0 Å². The van der Waals surface area contributed by atoms with E-state index >= 15 is 0 Å². The summed E-state index contributed by atoms with van der Waals surface area (Å²) in [4.78, 5) is 16.1. The van der Waals surface area contributed by atoms with Gasteiger partial charge < -0.3 is 14.7 Å². The maximum absolute atomic E-state index is 12.0. The van der Waals surface area contributed by atoms with E-state index in [9.17, 15) is 9.90 Å². The SMILES string of the molecule is CCc1ccc(OC[C@H](O)CN2CCN(C(=O)C(C)C)CC2)cc1. The van der Waals surface area contributed by atoms with E-state index in [-0.39, 0.29) is 18.4 Å². The summed E-state index contributed by atoms with van der Waals surface area (Å²) in [5.74, 6) is 1.06. The van der Waals surface area contributed by atoms with E-state index in [1.807, 2.05) is 43.0 Å². The van der Waals surface area contributed by atoms with Gasteiger partial charge in [0.1, 0.15) is 18.5 Å². The minimum atomic E-state index is -0.525. The van der Waals surface area contributed by atoms with Crippen LogP contribution in [-0.2, 0) is 11.2 Å². The van der Waals surface area contributed by atoms with Gasteiger partial charge in [0.05, 0.1) is 0 Å². The second-order valence-electron chi connectivity index (χ2n) is 6.74. The predicted octanol–water partition coefficient (Wildman–Crippen LogP) is 1.79. The molecule has 24 heavy (non-hydrogen) atoms. The van der Waals surface area contributed by atoms with Gasteiger partial charge >= 0.3 is 0 Å². The van der Waals surface area contributed by atoms with Crippen LogP contribution in [0.2, 0.25) is 0 Å². The van der Waals surface area contributed by atoms with Crippen LogP contribution in [0, 0.1) is 5.92 Å². The Morgan fingerprint density at radius 3 is 2.33 bits per heavy atom. The van der Waals surface area contributed by atoms with Gasteiger partial charge in [0.15, 0.2) is 0 Å². The Bertz CT molecular complexity index is 508. The molecule has 1 aliphatic heterocycles. The number of amides is 1. The molecular weight excluding hydrogens is 304 g/mol. The molecule has 2 rings (SSSR count). The zero-order chi connectivity index (χ0) is 17.5. The molecule has 0 unspecified atom stereocenters. The van der Waals surface area contributed by atoms with E-state index in [0.717, 1.165) is 38.3 Å². The molecule has 1 aromatic carbocycles. The van der Waals surface area contributed by atoms with Gasteiger partial charge in [-0.1, -0.05) is 32.9 Å². The van der Waals surface area contributed by atoms with Crippen molar-refractivity contribution in [2.45, 2.75) is 33.3 Å². The first-order valence-corrected chi connectivity index (χ1v) is 8.90. The lowest BCUT2D eigenvalue weighted by Gasteiger charge is -2.36. The van der Waals surface area contributed by atoms with Crippen molar-refractivity contribution < 1.29 is 14.6 Å². The summed E-state index contributed by atoms with van der Waals surface area (Å²) in [6, 6.07) is 7.99. The lowest BCUT2D eigenvalue weighted by molar-refractivity contribution is -0.136. The summed E-state index contributed by atoms with van der Waals surface area (Å²) in [6.07, 6.45) is 0.483. The van der Waals surface area contributed by atoms with E-state index in [0.29, 0.717) is 6.54 Å². The number of carbonyl (C=O) groups is 1. The van der Waals surface area contributed by atoms with Crippen molar-refractivity contribution in [1.82, 2.24) is 9.80 Å². The Morgan fingerprint density at radius 2 is 1.79 bits per heavy atom. The van der Waals surface area contributed by atoms with Gasteiger partial charge in [-0.2, -0.15) is 0 Å². The van der Waals surface area contributed by atoms with Gasteiger partial charge in [-0.05, 0) is 24.1 Å². The quantitative estimate of drug-likeness (QED) is 0.826. The highest BCUT2D eigenvalue weighted by Gasteiger charge is 2.23. The highest BCUT2D eigenvalue weighted by molar-refractivity contribution is 5.78. The van der Waals surface area contributed by atoms with Gasteiger partial charge in [-0.15, -0.1) is 0 Å². The molecule has 1 heterocycles. The maximum atomic E-state index is 12.0. The number of aliphatic hydroxyl groups excluding tert-OH is 1. The van der Waals surface area contributed by atoms with E-state index in [2.05, 4.69) is 11.8 Å². The molecule has 1 fully saturated rings. The molecule has 1 saturated heterocycles. The van der Waals surface area contributed by atoms with Gasteiger partial charge in [-0.25, -0.2) is 0 Å². The van der Waals surface area contributed by atoms with E-state index in [4.69, 9.17) is 4.74 Å². The largest absolute Gasteiger partial charge is 0.491 e. The molecule has 0 spiro atoms. The lowest BCUT2D eigenvalue weighted by Crippen LogP contribution is -2.51. The first-order chi connectivity index (χ1) is 11.5. The summed E-state index contributed by atoms with van der Waals surface area (Å²) in [5, 5.41) is 10.2. The number of aryl methyl sites for hydroxylation is 1. The fourth-order valence-electron chi connectivity index (χ4n) is 2.88. The van der Waals surface area contributed by atoms with Crippen molar-refractivity contribution in [3.63, 3.8) is 0 Å². The van der Waals surface area contributed by atoms with Gasteiger partial charge in [0.25, 0.3) is 0 Å². The Kier molecular flexibility index (Phi) is 7.06. The number of ether oxygens (including phenoxy) is 1. The van der Waals surface area contributed by atoms with E-state index in [1.54, 1.807) is 0 Å². The molecule has 0 bridgehead atoms. The number of nitrogens with zero attached hydrogens (tertiary/aromatic N) is 2. The zero-order valence-corrected chi connectivity index (χ0v) is 15.1.